The lowest BCUT2D eigenvalue weighted by Gasteiger charge is -2.27. The second kappa shape index (κ2) is 10.8. The van der Waals surface area contributed by atoms with Crippen LogP contribution in [-0.2, 0) is 14.8 Å². The van der Waals surface area contributed by atoms with Gasteiger partial charge in [-0.2, -0.15) is 4.31 Å². The molecule has 0 radical (unpaired) electrons. The number of amides is 2. The van der Waals surface area contributed by atoms with Gasteiger partial charge in [0, 0.05) is 12.5 Å². The van der Waals surface area contributed by atoms with Gasteiger partial charge in [-0.1, -0.05) is 11.6 Å². The molecule has 1 aromatic heterocycles. The summed E-state index contributed by atoms with van der Waals surface area (Å²) < 4.78 is 47.7. The summed E-state index contributed by atoms with van der Waals surface area (Å²) in [7, 11) is -4.85. The van der Waals surface area contributed by atoms with E-state index in [1.54, 1.807) is 20.8 Å². The van der Waals surface area contributed by atoms with Gasteiger partial charge in [-0.05, 0) is 45.9 Å². The molecule has 0 bridgehead atoms. The van der Waals surface area contributed by atoms with Gasteiger partial charge in [-0.25, -0.2) is 32.4 Å². The van der Waals surface area contributed by atoms with Crippen LogP contribution in [-0.4, -0.2) is 60.5 Å². The molecule has 3 rings (SSSR count). The molecule has 12 nitrogen and oxygen atoms in total. The Kier molecular flexibility index (Phi) is 8.21. The second-order valence-electron chi connectivity index (χ2n) is 8.92. The Balaban J connectivity index is 1.94. The van der Waals surface area contributed by atoms with Gasteiger partial charge < -0.3 is 20.5 Å². The smallest absolute Gasteiger partial charge is 0.429 e. The van der Waals surface area contributed by atoms with Gasteiger partial charge in [0.2, 0.25) is 0 Å². The molecule has 1 fully saturated rings. The first-order valence-electron chi connectivity index (χ1n) is 10.8. The number of ether oxygens (including phenoxy) is 1. The number of benzene rings is 1. The number of carbonyl (C=O) groups is 2. The van der Waals surface area contributed by atoms with E-state index in [2.05, 4.69) is 25.9 Å². The van der Waals surface area contributed by atoms with Crippen LogP contribution in [0.4, 0.5) is 25.4 Å². The third-order valence-corrected chi connectivity index (χ3v) is 7.08. The molecule has 1 aliphatic rings. The molecule has 1 aromatic carbocycles. The summed E-state index contributed by atoms with van der Waals surface area (Å²) in [5, 5.41) is 17.1. The quantitative estimate of drug-likeness (QED) is 0.407. The molecule has 0 aliphatic carbocycles. The minimum atomic E-state index is -4.85. The molecule has 2 atom stereocenters. The second-order valence-corrected chi connectivity index (χ2v) is 11.1. The Bertz CT molecular complexity index is 1230. The number of sulfonamides is 1. The normalized spacial score (nSPS) is 17.9. The van der Waals surface area contributed by atoms with Gasteiger partial charge >= 0.3 is 12.2 Å². The number of aromatic nitrogens is 2. The first-order valence-corrected chi connectivity index (χ1v) is 12.6. The van der Waals surface area contributed by atoms with E-state index < -0.39 is 44.7 Å². The summed E-state index contributed by atoms with van der Waals surface area (Å²) in [6.45, 7) is 5.37. The molecule has 196 valence electrons. The van der Waals surface area contributed by atoms with Crippen molar-refractivity contribution in [2.24, 2.45) is 5.92 Å². The Labute approximate surface area is 212 Å². The molecule has 4 N–H and O–H groups in total. The highest BCUT2D eigenvalue weighted by Gasteiger charge is 2.37. The molecule has 1 saturated heterocycles. The van der Waals surface area contributed by atoms with Crippen LogP contribution < -0.4 is 20.3 Å². The molecule has 15 heteroatoms. The van der Waals surface area contributed by atoms with Gasteiger partial charge in [0.05, 0.1) is 29.3 Å². The average Bonchev–Trinajstić information content (AvgIpc) is 3.20. The van der Waals surface area contributed by atoms with E-state index in [0.717, 1.165) is 30.9 Å². The van der Waals surface area contributed by atoms with E-state index in [-0.39, 0.29) is 33.2 Å². The molecule has 0 saturated carbocycles. The van der Waals surface area contributed by atoms with Gasteiger partial charge in [0.15, 0.2) is 0 Å². The fraction of sp³-hybridized carbons (Fsp3) is 0.429. The van der Waals surface area contributed by atoms with Gasteiger partial charge in [0.25, 0.3) is 10.0 Å². The number of nitrogens with one attached hydrogen (secondary N) is 3. The predicted molar refractivity (Wildman–Crippen MR) is 129 cm³/mol. The predicted octanol–water partition coefficient (Wildman–Crippen LogP) is 3.01. The third kappa shape index (κ3) is 6.50. The van der Waals surface area contributed by atoms with E-state index in [1.165, 1.54) is 0 Å². The maximum Gasteiger partial charge on any atom is 0.429 e. The van der Waals surface area contributed by atoms with E-state index in [0.29, 0.717) is 13.0 Å². The molecule has 2 aromatic rings. The highest BCUT2D eigenvalue weighted by molar-refractivity contribution is 7.93. The fourth-order valence-corrected chi connectivity index (χ4v) is 5.17. The highest BCUT2D eigenvalue weighted by Crippen LogP contribution is 2.33. The molecule has 0 spiro atoms. The van der Waals surface area contributed by atoms with Crippen LogP contribution in [0.1, 0.15) is 27.2 Å². The standard InChI is InChI=1S/C21H26ClFN6O6S/c1-21(2,3)35-20(32)29(13-9-24-11-25-10-13)36(33,34)17-6-14(22)16(7-15(17)23)28-18-12(4-5-26-18)8-27-19(30)31/h6-7,9-12,18,26-28H,4-5,8H2,1-3H3,(H,30,31). The van der Waals surface area contributed by atoms with Crippen LogP contribution in [0, 0.1) is 11.7 Å². The maximum absolute atomic E-state index is 15.2. The molecule has 1 aliphatic heterocycles. The minimum absolute atomic E-state index is 0.0831. The number of hydrogen-bond acceptors (Lipinski definition) is 9. The molecular formula is C21H26ClFN6O6S. The lowest BCUT2D eigenvalue weighted by molar-refractivity contribution is 0.0608. The number of carboxylic acid groups (broad SMARTS) is 1. The van der Waals surface area contributed by atoms with Crippen molar-refractivity contribution in [1.82, 2.24) is 20.6 Å². The monoisotopic (exact) mass is 544 g/mol. The number of rotatable bonds is 7. The Morgan fingerprint density at radius 2 is 1.97 bits per heavy atom. The number of halogens is 2. The van der Waals surface area contributed by atoms with Crippen LogP contribution in [0.5, 0.6) is 0 Å². The van der Waals surface area contributed by atoms with E-state index >= 15 is 4.39 Å². The summed E-state index contributed by atoms with van der Waals surface area (Å²) in [5.74, 6) is -1.34. The van der Waals surface area contributed by atoms with Crippen molar-refractivity contribution in [1.29, 1.82) is 0 Å². The largest absolute Gasteiger partial charge is 0.465 e. The number of hydrogen-bond donors (Lipinski definition) is 4. The van der Waals surface area contributed by atoms with Crippen LogP contribution in [0.2, 0.25) is 5.02 Å². The van der Waals surface area contributed by atoms with Crippen molar-refractivity contribution in [3.63, 3.8) is 0 Å². The Hall–Kier alpha value is -3.23. The highest BCUT2D eigenvalue weighted by atomic mass is 35.5. The summed E-state index contributed by atoms with van der Waals surface area (Å²) >= 11 is 6.31. The molecule has 2 heterocycles. The zero-order chi connectivity index (χ0) is 26.7. The van der Waals surface area contributed by atoms with E-state index in [4.69, 9.17) is 21.4 Å². The van der Waals surface area contributed by atoms with Gasteiger partial charge in [-0.15, -0.1) is 0 Å². The van der Waals surface area contributed by atoms with Gasteiger partial charge in [0.1, 0.15) is 28.3 Å². The van der Waals surface area contributed by atoms with Crippen molar-refractivity contribution in [3.8, 4) is 0 Å². The zero-order valence-electron chi connectivity index (χ0n) is 19.7. The minimum Gasteiger partial charge on any atom is -0.465 e. The summed E-state index contributed by atoms with van der Waals surface area (Å²) in [5.41, 5.74) is -1.22. The summed E-state index contributed by atoms with van der Waals surface area (Å²) in [6.07, 6.45) is 1.03. The van der Waals surface area contributed by atoms with Crippen molar-refractivity contribution in [3.05, 3.63) is 41.7 Å². The van der Waals surface area contributed by atoms with Crippen molar-refractivity contribution in [2.45, 2.75) is 43.9 Å². The van der Waals surface area contributed by atoms with Crippen molar-refractivity contribution < 1.29 is 32.2 Å². The molecular weight excluding hydrogens is 519 g/mol. The molecule has 2 unspecified atom stereocenters. The lowest BCUT2D eigenvalue weighted by atomic mass is 10.1. The van der Waals surface area contributed by atoms with Crippen LogP contribution in [0.25, 0.3) is 0 Å². The molecule has 36 heavy (non-hydrogen) atoms. The third-order valence-electron chi connectivity index (χ3n) is 5.06. The van der Waals surface area contributed by atoms with Crippen LogP contribution in [0.3, 0.4) is 0 Å². The zero-order valence-corrected chi connectivity index (χ0v) is 21.2. The fourth-order valence-electron chi connectivity index (χ4n) is 3.51. The summed E-state index contributed by atoms with van der Waals surface area (Å²) in [6, 6.07) is 1.78. The summed E-state index contributed by atoms with van der Waals surface area (Å²) in [4.78, 5) is 30.3. The van der Waals surface area contributed by atoms with E-state index in [9.17, 15) is 18.0 Å². The Morgan fingerprint density at radius 1 is 1.31 bits per heavy atom. The van der Waals surface area contributed by atoms with Crippen molar-refractivity contribution >= 4 is 45.2 Å². The number of carbonyl (C=O) groups excluding carboxylic acids is 1. The van der Waals surface area contributed by atoms with Gasteiger partial charge in [-0.3, -0.25) is 5.32 Å². The first-order chi connectivity index (χ1) is 16.8. The maximum atomic E-state index is 15.2. The van der Waals surface area contributed by atoms with Crippen molar-refractivity contribution in [2.75, 3.05) is 22.7 Å². The van der Waals surface area contributed by atoms with Crippen LogP contribution in [0.15, 0.2) is 35.7 Å². The SMILES string of the molecule is CC(C)(C)OC(=O)N(c1cncnc1)S(=O)(=O)c1cc(Cl)c(NC2NCCC2CNC(=O)O)cc1F. The number of anilines is 2. The lowest BCUT2D eigenvalue weighted by Crippen LogP contribution is -2.41. The average molecular weight is 545 g/mol. The van der Waals surface area contributed by atoms with E-state index in [1.807, 2.05) is 0 Å². The topological polar surface area (TPSA) is 163 Å². The first kappa shape index (κ1) is 27.4. The molecule has 2 amide bonds. The van der Waals surface area contributed by atoms with Crippen LogP contribution >= 0.6 is 11.6 Å². The number of nitrogens with zero attached hydrogens (tertiary/aromatic N) is 3. The Morgan fingerprint density at radius 3 is 2.58 bits per heavy atom.